The first-order valence-electron chi connectivity index (χ1n) is 5.91. The Morgan fingerprint density at radius 2 is 1.95 bits per heavy atom. The normalized spacial score (nSPS) is 10.5. The van der Waals surface area contributed by atoms with E-state index in [2.05, 4.69) is 15.0 Å². The molecule has 0 fully saturated rings. The Bertz CT molecular complexity index is 572. The summed E-state index contributed by atoms with van der Waals surface area (Å²) in [6, 6.07) is 7.63. The average Bonchev–Trinajstić information content (AvgIpc) is 2.37. The second kappa shape index (κ2) is 5.51. The lowest BCUT2D eigenvalue weighted by molar-refractivity contribution is 0.222. The zero-order valence-corrected chi connectivity index (χ0v) is 11.1. The number of methoxy groups -OCH3 is 1. The van der Waals surface area contributed by atoms with Gasteiger partial charge in [-0.05, 0) is 26.0 Å². The minimum Gasteiger partial charge on any atom is -0.497 e. The molecule has 0 unspecified atom stereocenters. The topological polar surface area (TPSA) is 83.2 Å². The van der Waals surface area contributed by atoms with Crippen molar-refractivity contribution in [3.05, 3.63) is 24.3 Å². The molecule has 6 nitrogen and oxygen atoms in total. The SMILES string of the molecule is COc1cccc(-c2nc(N)nc(OC(C)C)n2)c1. The van der Waals surface area contributed by atoms with Gasteiger partial charge in [0.25, 0.3) is 0 Å². The predicted octanol–water partition coefficient (Wildman–Crippen LogP) is 1.92. The van der Waals surface area contributed by atoms with E-state index in [-0.39, 0.29) is 18.1 Å². The van der Waals surface area contributed by atoms with Crippen LogP contribution in [0.4, 0.5) is 5.95 Å². The number of nitrogen functional groups attached to an aromatic ring is 1. The molecular formula is C13H16N4O2. The van der Waals surface area contributed by atoms with E-state index in [1.165, 1.54) is 0 Å². The van der Waals surface area contributed by atoms with Gasteiger partial charge >= 0.3 is 6.01 Å². The van der Waals surface area contributed by atoms with Crippen molar-refractivity contribution in [3.63, 3.8) is 0 Å². The number of nitrogens with two attached hydrogens (primary N) is 1. The smallest absolute Gasteiger partial charge is 0.322 e. The summed E-state index contributed by atoms with van der Waals surface area (Å²) >= 11 is 0. The lowest BCUT2D eigenvalue weighted by Gasteiger charge is -2.09. The number of anilines is 1. The summed E-state index contributed by atoms with van der Waals surface area (Å²) < 4.78 is 10.6. The molecule has 19 heavy (non-hydrogen) atoms. The van der Waals surface area contributed by atoms with E-state index in [0.29, 0.717) is 5.82 Å². The van der Waals surface area contributed by atoms with Crippen LogP contribution >= 0.6 is 0 Å². The summed E-state index contributed by atoms with van der Waals surface area (Å²) in [5, 5.41) is 0. The van der Waals surface area contributed by atoms with Gasteiger partial charge in [0.05, 0.1) is 13.2 Å². The average molecular weight is 260 g/mol. The van der Waals surface area contributed by atoms with Crippen LogP contribution in [0.3, 0.4) is 0 Å². The minimum absolute atomic E-state index is 0.0278. The number of benzene rings is 1. The van der Waals surface area contributed by atoms with E-state index >= 15 is 0 Å². The van der Waals surface area contributed by atoms with Crippen LogP contribution in [0.15, 0.2) is 24.3 Å². The van der Waals surface area contributed by atoms with Crippen LogP contribution in [0.2, 0.25) is 0 Å². The van der Waals surface area contributed by atoms with Crippen LogP contribution in [-0.4, -0.2) is 28.2 Å². The van der Waals surface area contributed by atoms with Crippen molar-refractivity contribution in [2.45, 2.75) is 20.0 Å². The summed E-state index contributed by atoms with van der Waals surface area (Å²) in [5.41, 5.74) is 6.46. The Labute approximate surface area is 111 Å². The monoisotopic (exact) mass is 260 g/mol. The molecule has 2 rings (SSSR count). The second-order valence-corrected chi connectivity index (χ2v) is 4.20. The van der Waals surface area contributed by atoms with E-state index in [1.54, 1.807) is 7.11 Å². The number of nitrogens with zero attached hydrogens (tertiary/aromatic N) is 3. The second-order valence-electron chi connectivity index (χ2n) is 4.20. The molecule has 100 valence electrons. The molecule has 1 aromatic carbocycles. The van der Waals surface area contributed by atoms with E-state index in [0.717, 1.165) is 11.3 Å². The predicted molar refractivity (Wildman–Crippen MR) is 72.0 cm³/mol. The first-order valence-corrected chi connectivity index (χ1v) is 5.91. The first kappa shape index (κ1) is 13.1. The molecule has 0 aliphatic carbocycles. The fourth-order valence-electron chi connectivity index (χ4n) is 1.53. The fourth-order valence-corrected chi connectivity index (χ4v) is 1.53. The van der Waals surface area contributed by atoms with Crippen molar-refractivity contribution >= 4 is 5.95 Å². The molecule has 1 heterocycles. The van der Waals surface area contributed by atoms with Crippen LogP contribution < -0.4 is 15.2 Å². The van der Waals surface area contributed by atoms with Crippen molar-refractivity contribution in [1.29, 1.82) is 0 Å². The summed E-state index contributed by atoms with van der Waals surface area (Å²) in [4.78, 5) is 12.3. The molecule has 2 aromatic rings. The van der Waals surface area contributed by atoms with Crippen LogP contribution in [-0.2, 0) is 0 Å². The molecule has 0 aliphatic rings. The highest BCUT2D eigenvalue weighted by Crippen LogP contribution is 2.22. The van der Waals surface area contributed by atoms with Crippen LogP contribution in [0.1, 0.15) is 13.8 Å². The highest BCUT2D eigenvalue weighted by atomic mass is 16.5. The summed E-state index contributed by atoms with van der Waals surface area (Å²) in [5.74, 6) is 1.31. The van der Waals surface area contributed by atoms with Crippen molar-refractivity contribution in [3.8, 4) is 23.1 Å². The molecule has 0 radical (unpaired) electrons. The van der Waals surface area contributed by atoms with Crippen molar-refractivity contribution < 1.29 is 9.47 Å². The third-order valence-electron chi connectivity index (χ3n) is 2.30. The minimum atomic E-state index is -0.0278. The van der Waals surface area contributed by atoms with Crippen LogP contribution in [0.25, 0.3) is 11.4 Å². The van der Waals surface area contributed by atoms with Gasteiger partial charge in [0.15, 0.2) is 5.82 Å². The fraction of sp³-hybridized carbons (Fsp3) is 0.308. The lowest BCUT2D eigenvalue weighted by Crippen LogP contribution is -2.11. The van der Waals surface area contributed by atoms with Gasteiger partial charge < -0.3 is 15.2 Å². The highest BCUT2D eigenvalue weighted by Gasteiger charge is 2.09. The van der Waals surface area contributed by atoms with Crippen LogP contribution in [0, 0.1) is 0 Å². The number of rotatable bonds is 4. The summed E-state index contributed by atoms with van der Waals surface area (Å²) in [6.45, 7) is 3.79. The number of hydrogen-bond donors (Lipinski definition) is 1. The third kappa shape index (κ3) is 3.31. The van der Waals surface area contributed by atoms with E-state index in [9.17, 15) is 0 Å². The molecule has 0 aliphatic heterocycles. The van der Waals surface area contributed by atoms with Crippen LogP contribution in [0.5, 0.6) is 11.8 Å². The number of hydrogen-bond acceptors (Lipinski definition) is 6. The highest BCUT2D eigenvalue weighted by molar-refractivity contribution is 5.58. The Morgan fingerprint density at radius 3 is 2.63 bits per heavy atom. The molecule has 0 saturated heterocycles. The molecule has 0 saturated carbocycles. The van der Waals surface area contributed by atoms with Gasteiger partial charge in [-0.1, -0.05) is 12.1 Å². The van der Waals surface area contributed by atoms with Gasteiger partial charge in [0.2, 0.25) is 5.95 Å². The van der Waals surface area contributed by atoms with Crippen molar-refractivity contribution in [2.75, 3.05) is 12.8 Å². The number of ether oxygens (including phenoxy) is 2. The summed E-state index contributed by atoms with van der Waals surface area (Å²) in [7, 11) is 1.61. The summed E-state index contributed by atoms with van der Waals surface area (Å²) in [6.07, 6.45) is -0.0278. The molecule has 6 heteroatoms. The maximum absolute atomic E-state index is 5.67. The van der Waals surface area contributed by atoms with Crippen molar-refractivity contribution in [2.24, 2.45) is 0 Å². The Kier molecular flexibility index (Phi) is 3.79. The molecule has 1 aromatic heterocycles. The standard InChI is InChI=1S/C13H16N4O2/c1-8(2)19-13-16-11(15-12(14)17-13)9-5-4-6-10(7-9)18-3/h4-8H,1-3H3,(H2,14,15,16,17). The van der Waals surface area contributed by atoms with E-state index < -0.39 is 0 Å². The molecule has 0 bridgehead atoms. The van der Waals surface area contributed by atoms with Gasteiger partial charge in [-0.25, -0.2) is 0 Å². The molecule has 0 atom stereocenters. The Hall–Kier alpha value is -2.37. The van der Waals surface area contributed by atoms with E-state index in [4.69, 9.17) is 15.2 Å². The van der Waals surface area contributed by atoms with Gasteiger partial charge in [0, 0.05) is 5.56 Å². The maximum atomic E-state index is 5.67. The quantitative estimate of drug-likeness (QED) is 0.904. The Balaban J connectivity index is 2.40. The third-order valence-corrected chi connectivity index (χ3v) is 2.30. The molecular weight excluding hydrogens is 244 g/mol. The molecule has 0 spiro atoms. The van der Waals surface area contributed by atoms with Gasteiger partial charge in [-0.15, -0.1) is 0 Å². The lowest BCUT2D eigenvalue weighted by atomic mass is 10.2. The zero-order chi connectivity index (χ0) is 13.8. The van der Waals surface area contributed by atoms with Gasteiger partial charge in [0.1, 0.15) is 5.75 Å². The van der Waals surface area contributed by atoms with E-state index in [1.807, 2.05) is 38.1 Å². The van der Waals surface area contributed by atoms with Gasteiger partial charge in [-0.3, -0.25) is 0 Å². The zero-order valence-electron chi connectivity index (χ0n) is 11.1. The van der Waals surface area contributed by atoms with Gasteiger partial charge in [-0.2, -0.15) is 15.0 Å². The first-order chi connectivity index (χ1) is 9.08. The Morgan fingerprint density at radius 1 is 1.16 bits per heavy atom. The largest absolute Gasteiger partial charge is 0.497 e. The number of aromatic nitrogens is 3. The van der Waals surface area contributed by atoms with Crippen molar-refractivity contribution in [1.82, 2.24) is 15.0 Å². The molecule has 0 amide bonds. The maximum Gasteiger partial charge on any atom is 0.322 e. The molecule has 2 N–H and O–H groups in total.